The molecule has 2 aliphatic rings. The number of esters is 1. The van der Waals surface area contributed by atoms with E-state index >= 15 is 0 Å². The molecule has 2 rings (SSSR count). The number of carbonyl (C=O) groups excluding carboxylic acids is 2. The molecule has 6 nitrogen and oxygen atoms in total. The Balaban J connectivity index is 2.15. The molecule has 2 N–H and O–H groups in total. The number of rotatable bonds is 0. The standard InChI is InChI=1S/C18H21ClO6/c1-11-14(21)10-15(22)13(19)7-6-12(20)4-2-3-5-16-17(25-16)8-9-24-18(11)23/h2,4,7,10,16-17,21-22H,3,5-6,8-9H2,1H3/b4-2+,13-7-,14-11-,15-10+. The van der Waals surface area contributed by atoms with Gasteiger partial charge in [-0.25, -0.2) is 4.79 Å². The van der Waals surface area contributed by atoms with E-state index in [1.54, 1.807) is 6.08 Å². The molecule has 7 heteroatoms. The average molecular weight is 369 g/mol. The fraction of sp³-hybridized carbons (Fsp3) is 0.444. The van der Waals surface area contributed by atoms with Gasteiger partial charge in [-0.3, -0.25) is 4.79 Å². The summed E-state index contributed by atoms with van der Waals surface area (Å²) in [6.07, 6.45) is 7.81. The summed E-state index contributed by atoms with van der Waals surface area (Å²) < 4.78 is 10.6. The number of carbonyl (C=O) groups is 2. The maximum absolute atomic E-state index is 11.9. The number of cyclic esters (lactones) is 1. The molecule has 2 aliphatic heterocycles. The van der Waals surface area contributed by atoms with E-state index in [2.05, 4.69) is 0 Å². The number of allylic oxidation sites excluding steroid dienone is 5. The Labute approximate surface area is 151 Å². The average Bonchev–Trinajstić information content (AvgIpc) is 3.33. The van der Waals surface area contributed by atoms with Gasteiger partial charge < -0.3 is 19.7 Å². The Morgan fingerprint density at radius 3 is 2.68 bits per heavy atom. The van der Waals surface area contributed by atoms with Crippen LogP contribution in [0.1, 0.15) is 32.6 Å². The third kappa shape index (κ3) is 6.07. The number of aliphatic hydroxyl groups excluding tert-OH is 2. The van der Waals surface area contributed by atoms with Gasteiger partial charge >= 0.3 is 5.97 Å². The van der Waals surface area contributed by atoms with Gasteiger partial charge in [-0.15, -0.1) is 0 Å². The van der Waals surface area contributed by atoms with Crippen LogP contribution in [-0.2, 0) is 19.1 Å². The van der Waals surface area contributed by atoms with Gasteiger partial charge in [0, 0.05) is 18.9 Å². The molecule has 2 atom stereocenters. The minimum atomic E-state index is -0.682. The van der Waals surface area contributed by atoms with E-state index in [-0.39, 0.29) is 41.6 Å². The highest BCUT2D eigenvalue weighted by Crippen LogP contribution is 2.29. The number of ether oxygens (including phenoxy) is 2. The number of halogens is 1. The zero-order valence-corrected chi connectivity index (χ0v) is 14.7. The van der Waals surface area contributed by atoms with Crippen LogP contribution in [0.4, 0.5) is 0 Å². The second-order valence-corrected chi connectivity index (χ2v) is 6.29. The van der Waals surface area contributed by atoms with Gasteiger partial charge in [-0.1, -0.05) is 23.8 Å². The van der Waals surface area contributed by atoms with Crippen LogP contribution < -0.4 is 0 Å². The highest BCUT2D eigenvalue weighted by atomic mass is 35.5. The van der Waals surface area contributed by atoms with Crippen LogP contribution in [0.3, 0.4) is 0 Å². The third-order valence-corrected chi connectivity index (χ3v) is 4.28. The maximum Gasteiger partial charge on any atom is 0.337 e. The molecule has 1 fully saturated rings. The zero-order chi connectivity index (χ0) is 18.4. The lowest BCUT2D eigenvalue weighted by atomic mass is 10.1. The highest BCUT2D eigenvalue weighted by Gasteiger charge is 2.37. The minimum absolute atomic E-state index is 0.0152. The lowest BCUT2D eigenvalue weighted by Gasteiger charge is -2.06. The Hall–Kier alpha value is -2.05. The quantitative estimate of drug-likeness (QED) is 0.502. The molecule has 0 aromatic heterocycles. The molecule has 0 saturated carbocycles. The van der Waals surface area contributed by atoms with Crippen LogP contribution in [0.2, 0.25) is 0 Å². The summed E-state index contributed by atoms with van der Waals surface area (Å²) in [5, 5.41) is 19.6. The van der Waals surface area contributed by atoms with Crippen molar-refractivity contribution in [1.82, 2.24) is 0 Å². The number of hydrogen-bond donors (Lipinski definition) is 2. The maximum atomic E-state index is 11.9. The van der Waals surface area contributed by atoms with E-state index in [4.69, 9.17) is 21.1 Å². The van der Waals surface area contributed by atoms with E-state index in [1.165, 1.54) is 19.1 Å². The summed E-state index contributed by atoms with van der Waals surface area (Å²) in [5.41, 5.74) is -0.0515. The first kappa shape index (κ1) is 19.3. The minimum Gasteiger partial charge on any atom is -0.507 e. The van der Waals surface area contributed by atoms with Crippen molar-refractivity contribution in [3.63, 3.8) is 0 Å². The third-order valence-electron chi connectivity index (χ3n) is 3.94. The Bertz CT molecular complexity index is 658. The number of fused-ring (bicyclic) bond motifs is 1. The molecule has 0 aliphatic carbocycles. The number of hydrogen-bond acceptors (Lipinski definition) is 6. The van der Waals surface area contributed by atoms with E-state index in [0.29, 0.717) is 12.8 Å². The van der Waals surface area contributed by atoms with Crippen LogP contribution >= 0.6 is 11.6 Å². The van der Waals surface area contributed by atoms with Crippen LogP contribution in [0.15, 0.2) is 46.4 Å². The Morgan fingerprint density at radius 2 is 1.92 bits per heavy atom. The highest BCUT2D eigenvalue weighted by molar-refractivity contribution is 6.31. The van der Waals surface area contributed by atoms with Crippen molar-refractivity contribution in [2.75, 3.05) is 6.61 Å². The van der Waals surface area contributed by atoms with E-state index < -0.39 is 17.5 Å². The van der Waals surface area contributed by atoms with Crippen molar-refractivity contribution in [2.24, 2.45) is 0 Å². The first-order valence-corrected chi connectivity index (χ1v) is 8.44. The molecule has 0 aromatic carbocycles. The van der Waals surface area contributed by atoms with Crippen molar-refractivity contribution in [3.8, 4) is 0 Å². The molecule has 25 heavy (non-hydrogen) atoms. The summed E-state index contributed by atoms with van der Waals surface area (Å²) in [5.74, 6) is -1.74. The normalized spacial score (nSPS) is 35.1. The lowest BCUT2D eigenvalue weighted by molar-refractivity contribution is -0.139. The molecule has 1 saturated heterocycles. The molecule has 2 heterocycles. The summed E-state index contributed by atoms with van der Waals surface area (Å²) in [6, 6.07) is 0. The van der Waals surface area contributed by atoms with Crippen LogP contribution in [-0.4, -0.2) is 40.8 Å². The van der Waals surface area contributed by atoms with E-state index in [9.17, 15) is 19.8 Å². The molecule has 0 aromatic rings. The molecular weight excluding hydrogens is 348 g/mol. The van der Waals surface area contributed by atoms with Crippen molar-refractivity contribution in [2.45, 2.75) is 44.8 Å². The molecule has 0 amide bonds. The second kappa shape index (κ2) is 8.87. The Morgan fingerprint density at radius 1 is 1.20 bits per heavy atom. The van der Waals surface area contributed by atoms with Crippen molar-refractivity contribution in [3.05, 3.63) is 46.4 Å². The number of aliphatic hydroxyl groups is 2. The molecule has 0 spiro atoms. The SMILES string of the molecule is C\C1=C(O)/C=C(O)\C(Cl)=C\CC(=O)/C=C/CCC2OC2CCOC1=O. The van der Waals surface area contributed by atoms with Crippen LogP contribution in [0, 0.1) is 0 Å². The molecule has 0 radical (unpaired) electrons. The number of epoxide rings is 1. The fourth-order valence-electron chi connectivity index (χ4n) is 2.31. The van der Waals surface area contributed by atoms with Gasteiger partial charge in [0.25, 0.3) is 0 Å². The summed E-state index contributed by atoms with van der Waals surface area (Å²) in [6.45, 7) is 1.55. The van der Waals surface area contributed by atoms with Gasteiger partial charge in [0.15, 0.2) is 5.78 Å². The second-order valence-electron chi connectivity index (χ2n) is 5.88. The van der Waals surface area contributed by atoms with Gasteiger partial charge in [0.05, 0.1) is 29.4 Å². The zero-order valence-electron chi connectivity index (χ0n) is 13.9. The summed E-state index contributed by atoms with van der Waals surface area (Å²) >= 11 is 5.88. The molecule has 136 valence electrons. The van der Waals surface area contributed by atoms with Gasteiger partial charge in [0.2, 0.25) is 0 Å². The van der Waals surface area contributed by atoms with Gasteiger partial charge in [0.1, 0.15) is 11.5 Å². The van der Waals surface area contributed by atoms with E-state index in [1.807, 2.05) is 0 Å². The van der Waals surface area contributed by atoms with Gasteiger partial charge in [-0.05, 0) is 25.8 Å². The lowest BCUT2D eigenvalue weighted by Crippen LogP contribution is -2.11. The van der Waals surface area contributed by atoms with Crippen molar-refractivity contribution in [1.29, 1.82) is 0 Å². The molecule has 2 unspecified atom stereocenters. The smallest absolute Gasteiger partial charge is 0.337 e. The fourth-order valence-corrected chi connectivity index (χ4v) is 2.44. The monoisotopic (exact) mass is 368 g/mol. The molecular formula is C18H21ClO6. The summed E-state index contributed by atoms with van der Waals surface area (Å²) in [7, 11) is 0. The molecule has 0 bridgehead atoms. The first-order chi connectivity index (χ1) is 11.9. The topological polar surface area (TPSA) is 96.4 Å². The van der Waals surface area contributed by atoms with Crippen molar-refractivity contribution < 1.29 is 29.3 Å². The first-order valence-electron chi connectivity index (χ1n) is 8.07. The van der Waals surface area contributed by atoms with Gasteiger partial charge in [-0.2, -0.15) is 0 Å². The van der Waals surface area contributed by atoms with Crippen molar-refractivity contribution >= 4 is 23.4 Å². The Kier molecular flexibility index (Phi) is 6.84. The number of ketones is 1. The predicted octanol–water partition coefficient (Wildman–Crippen LogP) is 3.39. The predicted molar refractivity (Wildman–Crippen MR) is 92.2 cm³/mol. The largest absolute Gasteiger partial charge is 0.507 e. The summed E-state index contributed by atoms with van der Waals surface area (Å²) in [4.78, 5) is 23.6. The van der Waals surface area contributed by atoms with Crippen LogP contribution in [0.5, 0.6) is 0 Å². The van der Waals surface area contributed by atoms with E-state index in [0.717, 1.165) is 12.5 Å². The van der Waals surface area contributed by atoms with Crippen LogP contribution in [0.25, 0.3) is 0 Å².